The van der Waals surface area contributed by atoms with Crippen molar-refractivity contribution < 1.29 is 4.74 Å². The van der Waals surface area contributed by atoms with Crippen LogP contribution in [0.25, 0.3) is 0 Å². The largest absolute Gasteiger partial charge is 0.480 e. The second-order valence-electron chi connectivity index (χ2n) is 4.24. The van der Waals surface area contributed by atoms with Gasteiger partial charge in [0, 0.05) is 11.9 Å². The lowest BCUT2D eigenvalue weighted by Gasteiger charge is -2.16. The quantitative estimate of drug-likeness (QED) is 0.805. The van der Waals surface area contributed by atoms with Crippen LogP contribution in [0.3, 0.4) is 0 Å². The predicted molar refractivity (Wildman–Crippen MR) is 84.6 cm³/mol. The molecule has 1 aromatic carbocycles. The highest BCUT2D eigenvalue weighted by molar-refractivity contribution is 9.10. The number of hydrogen-bond acceptors (Lipinski definition) is 4. The van der Waals surface area contributed by atoms with Crippen molar-refractivity contribution in [3.63, 3.8) is 0 Å². The molecule has 0 radical (unpaired) electrons. The van der Waals surface area contributed by atoms with Crippen molar-refractivity contribution in [1.29, 1.82) is 0 Å². The Labute approximate surface area is 131 Å². The first-order valence-corrected chi connectivity index (χ1v) is 7.48. The molecule has 1 atom stereocenters. The Balaban J connectivity index is 2.06. The van der Waals surface area contributed by atoms with Crippen molar-refractivity contribution in [1.82, 2.24) is 9.97 Å². The normalized spacial score (nSPS) is 11.9. The van der Waals surface area contributed by atoms with Crippen LogP contribution < -0.4 is 10.1 Å². The smallest absolute Gasteiger partial charge is 0.232 e. The molecule has 0 bridgehead atoms. The van der Waals surface area contributed by atoms with Crippen LogP contribution in [0.1, 0.15) is 5.56 Å². The van der Waals surface area contributed by atoms with Gasteiger partial charge in [-0.3, -0.25) is 0 Å². The van der Waals surface area contributed by atoms with Crippen LogP contribution in [0.4, 0.5) is 5.95 Å². The van der Waals surface area contributed by atoms with Crippen LogP contribution in [-0.2, 0) is 6.42 Å². The van der Waals surface area contributed by atoms with Crippen molar-refractivity contribution in [2.24, 2.45) is 0 Å². The predicted octanol–water partition coefficient (Wildman–Crippen LogP) is 3.51. The fourth-order valence-corrected chi connectivity index (χ4v) is 2.33. The lowest BCUT2D eigenvalue weighted by atomic mass is 10.1. The molecule has 0 amide bonds. The molecule has 0 aliphatic heterocycles. The second-order valence-corrected chi connectivity index (χ2v) is 5.40. The topological polar surface area (TPSA) is 47.0 Å². The van der Waals surface area contributed by atoms with Crippen LogP contribution >= 0.6 is 27.5 Å². The molecule has 1 N–H and O–H groups in total. The summed E-state index contributed by atoms with van der Waals surface area (Å²) in [5.74, 6) is 1.47. The van der Waals surface area contributed by atoms with Gasteiger partial charge in [0.1, 0.15) is 0 Å². The molecule has 2 aromatic rings. The Morgan fingerprint density at radius 2 is 2.10 bits per heavy atom. The first-order chi connectivity index (χ1) is 9.72. The fourth-order valence-electron chi connectivity index (χ4n) is 1.79. The average molecular weight is 357 g/mol. The van der Waals surface area contributed by atoms with Gasteiger partial charge in [-0.1, -0.05) is 30.3 Å². The molecule has 4 nitrogen and oxygen atoms in total. The number of aromatic nitrogens is 2. The minimum Gasteiger partial charge on any atom is -0.480 e. The van der Waals surface area contributed by atoms with Crippen molar-refractivity contribution >= 4 is 33.5 Å². The van der Waals surface area contributed by atoms with E-state index in [1.165, 1.54) is 5.56 Å². The highest BCUT2D eigenvalue weighted by atomic mass is 79.9. The van der Waals surface area contributed by atoms with Gasteiger partial charge in [-0.05, 0) is 27.9 Å². The van der Waals surface area contributed by atoms with E-state index in [-0.39, 0.29) is 6.04 Å². The second kappa shape index (κ2) is 7.45. The summed E-state index contributed by atoms with van der Waals surface area (Å²) in [6.07, 6.45) is 2.47. The number of nitrogens with one attached hydrogen (secondary N) is 1. The van der Waals surface area contributed by atoms with E-state index in [4.69, 9.17) is 16.3 Å². The molecule has 0 fully saturated rings. The Kier molecular flexibility index (Phi) is 5.61. The zero-order chi connectivity index (χ0) is 14.4. The highest BCUT2D eigenvalue weighted by Crippen LogP contribution is 2.22. The van der Waals surface area contributed by atoms with Gasteiger partial charge in [-0.25, -0.2) is 4.98 Å². The number of methoxy groups -OCH3 is 1. The fraction of sp³-hybridized carbons (Fsp3) is 0.286. The summed E-state index contributed by atoms with van der Waals surface area (Å²) in [5.41, 5.74) is 1.22. The lowest BCUT2D eigenvalue weighted by molar-refractivity contribution is 0.394. The summed E-state index contributed by atoms with van der Waals surface area (Å²) in [7, 11) is 1.57. The molecule has 20 heavy (non-hydrogen) atoms. The number of benzene rings is 1. The van der Waals surface area contributed by atoms with E-state index in [0.717, 1.165) is 10.9 Å². The van der Waals surface area contributed by atoms with E-state index < -0.39 is 0 Å². The van der Waals surface area contributed by atoms with E-state index in [9.17, 15) is 0 Å². The molecule has 0 saturated carbocycles. The number of rotatable bonds is 6. The number of halogens is 2. The first-order valence-electron chi connectivity index (χ1n) is 6.16. The van der Waals surface area contributed by atoms with Gasteiger partial charge >= 0.3 is 0 Å². The maximum Gasteiger partial charge on any atom is 0.232 e. The van der Waals surface area contributed by atoms with Crippen LogP contribution in [0, 0.1) is 0 Å². The average Bonchev–Trinajstić information content (AvgIpc) is 2.49. The maximum atomic E-state index is 6.01. The summed E-state index contributed by atoms with van der Waals surface area (Å²) in [5, 5.41) is 3.22. The van der Waals surface area contributed by atoms with E-state index in [1.807, 2.05) is 18.2 Å². The third-order valence-corrected chi connectivity index (χ3v) is 3.67. The van der Waals surface area contributed by atoms with Crippen LogP contribution in [-0.4, -0.2) is 29.0 Å². The standard InChI is InChI=1S/C14H15BrClN3O/c1-20-13-12(15)9-17-14(19-13)18-11(8-16)7-10-5-3-2-4-6-10/h2-6,9,11H,7-8H2,1H3,(H,17,18,19). The van der Waals surface area contributed by atoms with E-state index in [0.29, 0.717) is 17.7 Å². The number of ether oxygens (including phenoxy) is 1. The Morgan fingerprint density at radius 3 is 2.75 bits per heavy atom. The van der Waals surface area contributed by atoms with E-state index in [1.54, 1.807) is 13.3 Å². The third-order valence-electron chi connectivity index (χ3n) is 2.75. The van der Waals surface area contributed by atoms with Crippen molar-refractivity contribution in [2.75, 3.05) is 18.3 Å². The van der Waals surface area contributed by atoms with E-state index in [2.05, 4.69) is 43.3 Å². The van der Waals surface area contributed by atoms with Gasteiger partial charge in [-0.15, -0.1) is 11.6 Å². The summed E-state index contributed by atoms with van der Waals surface area (Å²) < 4.78 is 5.87. The Morgan fingerprint density at radius 1 is 1.35 bits per heavy atom. The molecule has 2 rings (SSSR count). The molecule has 0 aliphatic rings. The minimum absolute atomic E-state index is 0.0601. The van der Waals surface area contributed by atoms with Crippen molar-refractivity contribution in [2.45, 2.75) is 12.5 Å². The summed E-state index contributed by atoms with van der Waals surface area (Å²) in [6.45, 7) is 0. The maximum absolute atomic E-state index is 6.01. The molecular weight excluding hydrogens is 342 g/mol. The molecule has 0 spiro atoms. The number of nitrogens with zero attached hydrogens (tertiary/aromatic N) is 2. The van der Waals surface area contributed by atoms with Crippen molar-refractivity contribution in [3.8, 4) is 5.88 Å². The molecular formula is C14H15BrClN3O. The Bertz CT molecular complexity index is 553. The lowest BCUT2D eigenvalue weighted by Crippen LogP contribution is -2.25. The molecule has 106 valence electrons. The molecule has 6 heteroatoms. The van der Waals surface area contributed by atoms with Crippen LogP contribution in [0.2, 0.25) is 0 Å². The van der Waals surface area contributed by atoms with Gasteiger partial charge in [0.05, 0.1) is 17.8 Å². The third kappa shape index (κ3) is 4.08. The number of alkyl halides is 1. The summed E-state index contributed by atoms with van der Waals surface area (Å²) in [6, 6.07) is 10.2. The van der Waals surface area contributed by atoms with Gasteiger partial charge < -0.3 is 10.1 Å². The molecule has 1 unspecified atom stereocenters. The number of hydrogen-bond donors (Lipinski definition) is 1. The Hall–Kier alpha value is -1.33. The molecule has 1 heterocycles. The molecule has 0 aliphatic carbocycles. The molecule has 0 saturated heterocycles. The monoisotopic (exact) mass is 355 g/mol. The van der Waals surface area contributed by atoms with Crippen molar-refractivity contribution in [3.05, 3.63) is 46.6 Å². The van der Waals surface area contributed by atoms with Gasteiger partial charge in [0.2, 0.25) is 11.8 Å². The zero-order valence-electron chi connectivity index (χ0n) is 11.0. The molecule has 1 aromatic heterocycles. The van der Waals surface area contributed by atoms with Gasteiger partial charge in [-0.2, -0.15) is 4.98 Å². The van der Waals surface area contributed by atoms with Gasteiger partial charge in [0.25, 0.3) is 0 Å². The summed E-state index contributed by atoms with van der Waals surface area (Å²) >= 11 is 9.34. The first kappa shape index (κ1) is 15.1. The van der Waals surface area contributed by atoms with Crippen LogP contribution in [0.15, 0.2) is 41.0 Å². The van der Waals surface area contributed by atoms with Gasteiger partial charge in [0.15, 0.2) is 0 Å². The zero-order valence-corrected chi connectivity index (χ0v) is 13.4. The SMILES string of the molecule is COc1nc(NC(CCl)Cc2ccccc2)ncc1Br. The minimum atomic E-state index is 0.0601. The highest BCUT2D eigenvalue weighted by Gasteiger charge is 2.11. The summed E-state index contributed by atoms with van der Waals surface area (Å²) in [4.78, 5) is 8.48. The number of anilines is 1. The van der Waals surface area contributed by atoms with E-state index >= 15 is 0 Å². The van der Waals surface area contributed by atoms with Crippen LogP contribution in [0.5, 0.6) is 5.88 Å².